The molecule has 1 aromatic carbocycles. The summed E-state index contributed by atoms with van der Waals surface area (Å²) in [6.45, 7) is 0. The second-order valence-electron chi connectivity index (χ2n) is 3.40. The zero-order valence-corrected chi connectivity index (χ0v) is 8.99. The lowest BCUT2D eigenvalue weighted by atomic mass is 10.1. The largest absolute Gasteiger partial charge is 0.465 e. The average Bonchev–Trinajstić information content (AvgIpc) is 2.82. The Morgan fingerprint density at radius 1 is 1.39 bits per heavy atom. The number of anilines is 1. The summed E-state index contributed by atoms with van der Waals surface area (Å²) in [7, 11) is 0. The van der Waals surface area contributed by atoms with Gasteiger partial charge in [0.1, 0.15) is 11.4 Å². The van der Waals surface area contributed by atoms with E-state index in [4.69, 9.17) is 9.52 Å². The second kappa shape index (κ2) is 4.58. The molecule has 0 fully saturated rings. The number of carboxylic acid groups (broad SMARTS) is 1. The molecule has 0 saturated heterocycles. The van der Waals surface area contributed by atoms with Gasteiger partial charge in [0.2, 0.25) is 0 Å². The highest BCUT2D eigenvalue weighted by Crippen LogP contribution is 2.30. The minimum atomic E-state index is -1.36. The molecule has 0 saturated carbocycles. The monoisotopic (exact) mass is 248 g/mol. The third-order valence-corrected chi connectivity index (χ3v) is 2.24. The SMILES string of the molecule is O=C(O)Nc1ccc(-c2ccco2)cc1[N+](=O)[O-]. The number of benzene rings is 1. The maximum Gasteiger partial charge on any atom is 0.409 e. The van der Waals surface area contributed by atoms with Crippen molar-refractivity contribution in [2.45, 2.75) is 0 Å². The molecule has 7 heteroatoms. The van der Waals surface area contributed by atoms with Crippen LogP contribution < -0.4 is 5.32 Å². The Hall–Kier alpha value is -2.83. The molecule has 2 aromatic rings. The molecule has 1 aromatic heterocycles. The van der Waals surface area contributed by atoms with Crippen molar-refractivity contribution in [3.63, 3.8) is 0 Å². The fourth-order valence-corrected chi connectivity index (χ4v) is 1.50. The molecule has 0 bridgehead atoms. The van der Waals surface area contributed by atoms with E-state index in [0.717, 1.165) is 0 Å². The van der Waals surface area contributed by atoms with Crippen LogP contribution in [0.2, 0.25) is 0 Å². The van der Waals surface area contributed by atoms with Gasteiger partial charge in [-0.25, -0.2) is 4.79 Å². The highest BCUT2D eigenvalue weighted by atomic mass is 16.6. The Bertz CT molecular complexity index is 591. The maximum atomic E-state index is 10.9. The minimum Gasteiger partial charge on any atom is -0.465 e. The van der Waals surface area contributed by atoms with E-state index in [1.54, 1.807) is 12.1 Å². The summed E-state index contributed by atoms with van der Waals surface area (Å²) in [5.74, 6) is 0.472. The Kier molecular flexibility index (Phi) is 2.96. The summed E-state index contributed by atoms with van der Waals surface area (Å²) >= 11 is 0. The lowest BCUT2D eigenvalue weighted by Crippen LogP contribution is -2.09. The molecular weight excluding hydrogens is 240 g/mol. The average molecular weight is 248 g/mol. The number of hydrogen-bond acceptors (Lipinski definition) is 4. The molecule has 92 valence electrons. The molecule has 0 atom stereocenters. The Morgan fingerprint density at radius 3 is 2.72 bits per heavy atom. The van der Waals surface area contributed by atoms with E-state index in [1.807, 2.05) is 5.32 Å². The van der Waals surface area contributed by atoms with Gasteiger partial charge in [-0.15, -0.1) is 0 Å². The van der Waals surface area contributed by atoms with E-state index >= 15 is 0 Å². The molecule has 0 aliphatic heterocycles. The number of rotatable bonds is 3. The number of nitrogens with one attached hydrogen (secondary N) is 1. The summed E-state index contributed by atoms with van der Waals surface area (Å²) in [5.41, 5.74) is 0.0942. The van der Waals surface area contributed by atoms with Crippen LogP contribution in [-0.2, 0) is 0 Å². The van der Waals surface area contributed by atoms with E-state index in [-0.39, 0.29) is 11.4 Å². The van der Waals surface area contributed by atoms with Gasteiger partial charge in [0.15, 0.2) is 0 Å². The molecule has 2 N–H and O–H groups in total. The molecule has 0 aliphatic rings. The summed E-state index contributed by atoms with van der Waals surface area (Å²) in [5, 5.41) is 21.4. The fraction of sp³-hybridized carbons (Fsp3) is 0. The first kappa shape index (κ1) is 11.6. The van der Waals surface area contributed by atoms with E-state index < -0.39 is 11.0 Å². The molecule has 0 unspecified atom stereocenters. The van der Waals surface area contributed by atoms with Crippen LogP contribution in [0.15, 0.2) is 41.0 Å². The number of furan rings is 1. The van der Waals surface area contributed by atoms with E-state index in [1.165, 1.54) is 24.5 Å². The van der Waals surface area contributed by atoms with Crippen LogP contribution in [0.25, 0.3) is 11.3 Å². The van der Waals surface area contributed by atoms with Gasteiger partial charge < -0.3 is 9.52 Å². The predicted molar refractivity (Wildman–Crippen MR) is 62.4 cm³/mol. The van der Waals surface area contributed by atoms with E-state index in [0.29, 0.717) is 11.3 Å². The van der Waals surface area contributed by atoms with Gasteiger partial charge in [-0.3, -0.25) is 15.4 Å². The molecule has 0 spiro atoms. The van der Waals surface area contributed by atoms with Crippen molar-refractivity contribution in [2.24, 2.45) is 0 Å². The number of amides is 1. The van der Waals surface area contributed by atoms with Gasteiger partial charge in [0.25, 0.3) is 5.69 Å². The van der Waals surface area contributed by atoms with Crippen LogP contribution in [0.3, 0.4) is 0 Å². The predicted octanol–water partition coefficient (Wildman–Crippen LogP) is 2.94. The second-order valence-corrected chi connectivity index (χ2v) is 3.40. The molecule has 0 radical (unpaired) electrons. The Balaban J connectivity index is 2.46. The van der Waals surface area contributed by atoms with Crippen molar-refractivity contribution in [2.75, 3.05) is 5.32 Å². The molecule has 18 heavy (non-hydrogen) atoms. The molecule has 7 nitrogen and oxygen atoms in total. The van der Waals surface area contributed by atoms with Crippen LogP contribution in [-0.4, -0.2) is 16.1 Å². The smallest absolute Gasteiger partial charge is 0.409 e. The standard InChI is InChI=1S/C11H8N2O5/c14-11(15)12-8-4-3-7(6-9(8)13(16)17)10-2-1-5-18-10/h1-6,12H,(H,14,15). The topological polar surface area (TPSA) is 106 Å². The highest BCUT2D eigenvalue weighted by molar-refractivity contribution is 5.87. The van der Waals surface area contributed by atoms with Crippen molar-refractivity contribution in [3.05, 3.63) is 46.7 Å². The first-order valence-electron chi connectivity index (χ1n) is 4.90. The minimum absolute atomic E-state index is 0.0807. The first-order chi connectivity index (χ1) is 8.58. The van der Waals surface area contributed by atoms with Crippen LogP contribution in [0, 0.1) is 10.1 Å². The van der Waals surface area contributed by atoms with Crippen molar-refractivity contribution in [1.82, 2.24) is 0 Å². The normalized spacial score (nSPS) is 10.0. The molecule has 1 amide bonds. The number of carbonyl (C=O) groups is 1. The quantitative estimate of drug-likeness (QED) is 0.641. The number of nitro benzene ring substituents is 1. The summed E-state index contributed by atoms with van der Waals surface area (Å²) < 4.78 is 5.12. The van der Waals surface area contributed by atoms with Gasteiger partial charge >= 0.3 is 6.09 Å². The Morgan fingerprint density at radius 2 is 2.17 bits per heavy atom. The fourth-order valence-electron chi connectivity index (χ4n) is 1.50. The summed E-state index contributed by atoms with van der Waals surface area (Å²) in [4.78, 5) is 20.7. The molecule has 0 aliphatic carbocycles. The first-order valence-corrected chi connectivity index (χ1v) is 4.90. The lowest BCUT2D eigenvalue weighted by molar-refractivity contribution is -0.383. The van der Waals surface area contributed by atoms with Crippen LogP contribution in [0.5, 0.6) is 0 Å². The van der Waals surface area contributed by atoms with Gasteiger partial charge in [-0.05, 0) is 24.3 Å². The Labute approximate surface area is 101 Å². The van der Waals surface area contributed by atoms with Crippen molar-refractivity contribution < 1.29 is 19.2 Å². The summed E-state index contributed by atoms with van der Waals surface area (Å²) in [6.07, 6.45) is 0.0914. The zero-order chi connectivity index (χ0) is 13.1. The molecule has 1 heterocycles. The van der Waals surface area contributed by atoms with Crippen molar-refractivity contribution in [1.29, 1.82) is 0 Å². The highest BCUT2D eigenvalue weighted by Gasteiger charge is 2.17. The van der Waals surface area contributed by atoms with Crippen LogP contribution in [0.4, 0.5) is 16.2 Å². The van der Waals surface area contributed by atoms with Crippen molar-refractivity contribution in [3.8, 4) is 11.3 Å². The van der Waals surface area contributed by atoms with Crippen LogP contribution in [0.1, 0.15) is 0 Å². The molecular formula is C11H8N2O5. The van der Waals surface area contributed by atoms with Gasteiger partial charge in [-0.2, -0.15) is 0 Å². The number of nitro groups is 1. The van der Waals surface area contributed by atoms with Gasteiger partial charge in [-0.1, -0.05) is 0 Å². The van der Waals surface area contributed by atoms with E-state index in [9.17, 15) is 14.9 Å². The van der Waals surface area contributed by atoms with Crippen LogP contribution >= 0.6 is 0 Å². The number of hydrogen-bond donors (Lipinski definition) is 2. The van der Waals surface area contributed by atoms with E-state index in [2.05, 4.69) is 0 Å². The van der Waals surface area contributed by atoms with Gasteiger partial charge in [0, 0.05) is 11.6 Å². The maximum absolute atomic E-state index is 10.9. The third kappa shape index (κ3) is 2.29. The number of nitrogens with zero attached hydrogens (tertiary/aromatic N) is 1. The lowest BCUT2D eigenvalue weighted by Gasteiger charge is -2.04. The summed E-state index contributed by atoms with van der Waals surface area (Å²) in [6, 6.07) is 7.43. The van der Waals surface area contributed by atoms with Crippen molar-refractivity contribution >= 4 is 17.5 Å². The van der Waals surface area contributed by atoms with Gasteiger partial charge in [0.05, 0.1) is 11.2 Å². The molecule has 2 rings (SSSR count). The zero-order valence-electron chi connectivity index (χ0n) is 8.99. The third-order valence-electron chi connectivity index (χ3n) is 2.24.